The van der Waals surface area contributed by atoms with Crippen molar-refractivity contribution in [2.24, 2.45) is 0 Å². The number of aliphatic hydroxyl groups is 1. The molecule has 0 fully saturated rings. The lowest BCUT2D eigenvalue weighted by molar-refractivity contribution is 0.214. The Kier molecular flexibility index (Phi) is 7.02. The highest BCUT2D eigenvalue weighted by Gasteiger charge is 2.16. The summed E-state index contributed by atoms with van der Waals surface area (Å²) in [6.07, 6.45) is 19.2. The molecule has 0 radical (unpaired) electrons. The van der Waals surface area contributed by atoms with E-state index in [1.807, 2.05) is 12.2 Å². The van der Waals surface area contributed by atoms with Crippen LogP contribution in [0, 0.1) is 12.3 Å². The van der Waals surface area contributed by atoms with E-state index < -0.39 is 0 Å². The molecule has 22 heavy (non-hydrogen) atoms. The van der Waals surface area contributed by atoms with Gasteiger partial charge >= 0.3 is 0 Å². The van der Waals surface area contributed by atoms with Crippen LogP contribution in [0.3, 0.4) is 0 Å². The minimum absolute atomic E-state index is 0.305. The fourth-order valence-electron chi connectivity index (χ4n) is 2.62. The van der Waals surface area contributed by atoms with Gasteiger partial charge in [-0.1, -0.05) is 30.2 Å². The lowest BCUT2D eigenvalue weighted by atomic mass is 10.0. The molecule has 1 aliphatic carbocycles. The number of terminal acetylenes is 1. The molecule has 0 saturated carbocycles. The maximum absolute atomic E-state index is 9.67. The van der Waals surface area contributed by atoms with Crippen LogP contribution in [0.2, 0.25) is 0 Å². The molecule has 0 aliphatic heterocycles. The summed E-state index contributed by atoms with van der Waals surface area (Å²) in [5, 5.41) is 11.8. The molecule has 2 nitrogen and oxygen atoms in total. The van der Waals surface area contributed by atoms with Crippen molar-refractivity contribution in [2.75, 3.05) is 13.1 Å². The first-order valence-electron chi connectivity index (χ1n) is 7.72. The minimum Gasteiger partial charge on any atom is -0.508 e. The van der Waals surface area contributed by atoms with Crippen LogP contribution < -0.4 is 0 Å². The standard InChI is InChI=1S/C19H23NOS/c1-2-14-20(15-13-19-12-7-16-22-19)17-8-4-3-5-10-18(21)11-6-9-17/h1,3,5-7,10-12,16-17,21H,4,8-9,13-15H2/b5-3+,11-6+,18-10+. The molecule has 0 saturated heterocycles. The number of thiophene rings is 1. The Hall–Kier alpha value is -1.76. The third-order valence-corrected chi connectivity index (χ3v) is 4.74. The van der Waals surface area contributed by atoms with Crippen LogP contribution in [0.1, 0.15) is 24.1 Å². The van der Waals surface area contributed by atoms with Gasteiger partial charge in [-0.25, -0.2) is 0 Å². The third-order valence-electron chi connectivity index (χ3n) is 3.80. The van der Waals surface area contributed by atoms with Gasteiger partial charge < -0.3 is 5.11 Å². The molecular weight excluding hydrogens is 290 g/mol. The summed E-state index contributed by atoms with van der Waals surface area (Å²) in [5.41, 5.74) is 0. The van der Waals surface area contributed by atoms with Gasteiger partial charge in [-0.3, -0.25) is 4.90 Å². The lowest BCUT2D eigenvalue weighted by Gasteiger charge is -2.29. The molecule has 1 unspecified atom stereocenters. The van der Waals surface area contributed by atoms with Crippen LogP contribution in [0.15, 0.2) is 53.7 Å². The van der Waals surface area contributed by atoms with Crippen molar-refractivity contribution < 1.29 is 5.11 Å². The molecule has 116 valence electrons. The molecule has 1 atom stereocenters. The quantitative estimate of drug-likeness (QED) is 0.818. The van der Waals surface area contributed by atoms with Gasteiger partial charge in [0.25, 0.3) is 0 Å². The highest BCUT2D eigenvalue weighted by Crippen LogP contribution is 2.17. The predicted octanol–water partition coefficient (Wildman–Crippen LogP) is 4.33. The van der Waals surface area contributed by atoms with Gasteiger partial charge in [0.15, 0.2) is 0 Å². The largest absolute Gasteiger partial charge is 0.508 e. The Bertz CT molecular complexity index is 563. The maximum Gasteiger partial charge on any atom is 0.115 e. The topological polar surface area (TPSA) is 23.5 Å². The van der Waals surface area contributed by atoms with E-state index in [1.165, 1.54) is 4.88 Å². The third kappa shape index (κ3) is 5.55. The van der Waals surface area contributed by atoms with Crippen LogP contribution >= 0.6 is 11.3 Å². The van der Waals surface area contributed by atoms with Crippen LogP contribution in [0.4, 0.5) is 0 Å². The number of hydrogen-bond donors (Lipinski definition) is 1. The van der Waals surface area contributed by atoms with E-state index in [0.717, 1.165) is 32.2 Å². The fraction of sp³-hybridized carbons (Fsp3) is 0.368. The van der Waals surface area contributed by atoms with E-state index in [4.69, 9.17) is 6.42 Å². The Morgan fingerprint density at radius 3 is 3.09 bits per heavy atom. The second-order valence-electron chi connectivity index (χ2n) is 5.39. The second-order valence-corrected chi connectivity index (χ2v) is 6.43. The molecular formula is C19H23NOS. The summed E-state index contributed by atoms with van der Waals surface area (Å²) < 4.78 is 0. The summed E-state index contributed by atoms with van der Waals surface area (Å²) in [6.45, 7) is 1.66. The Morgan fingerprint density at radius 1 is 1.41 bits per heavy atom. The van der Waals surface area contributed by atoms with Crippen LogP contribution in [0.25, 0.3) is 0 Å². The molecule has 1 aliphatic rings. The first-order chi connectivity index (χ1) is 10.8. The zero-order valence-corrected chi connectivity index (χ0v) is 13.6. The number of aliphatic hydroxyl groups excluding tert-OH is 1. The zero-order valence-electron chi connectivity index (χ0n) is 12.8. The number of hydrogen-bond acceptors (Lipinski definition) is 3. The highest BCUT2D eigenvalue weighted by atomic mass is 32.1. The lowest BCUT2D eigenvalue weighted by Crippen LogP contribution is -2.37. The van der Waals surface area contributed by atoms with Gasteiger partial charge in [0.1, 0.15) is 5.76 Å². The Morgan fingerprint density at radius 2 is 2.32 bits per heavy atom. The Labute approximate surface area is 137 Å². The molecule has 1 aromatic rings. The number of rotatable bonds is 5. The van der Waals surface area contributed by atoms with E-state index in [-0.39, 0.29) is 0 Å². The monoisotopic (exact) mass is 313 g/mol. The van der Waals surface area contributed by atoms with Gasteiger partial charge in [0.2, 0.25) is 0 Å². The van der Waals surface area contributed by atoms with Gasteiger partial charge in [-0.05, 0) is 49.3 Å². The van der Waals surface area contributed by atoms with Crippen molar-refractivity contribution >= 4 is 11.3 Å². The van der Waals surface area contributed by atoms with Crippen molar-refractivity contribution in [3.63, 3.8) is 0 Å². The number of allylic oxidation sites excluding steroid dienone is 4. The van der Waals surface area contributed by atoms with Crippen LogP contribution in [-0.4, -0.2) is 29.1 Å². The summed E-state index contributed by atoms with van der Waals surface area (Å²) in [4.78, 5) is 3.79. The van der Waals surface area contributed by atoms with Crippen LogP contribution in [-0.2, 0) is 6.42 Å². The van der Waals surface area contributed by atoms with E-state index in [2.05, 4.69) is 34.4 Å². The molecule has 1 N–H and O–H groups in total. The second kappa shape index (κ2) is 9.30. The Balaban J connectivity index is 2.00. The SMILES string of the molecule is C#CCN(CCc1cccs1)C1C/C=C/C(O)=C\C=C\CC1. The highest BCUT2D eigenvalue weighted by molar-refractivity contribution is 7.09. The van der Waals surface area contributed by atoms with Crippen molar-refractivity contribution in [2.45, 2.75) is 31.7 Å². The first kappa shape index (κ1) is 16.6. The molecule has 1 aromatic heterocycles. The summed E-state index contributed by atoms with van der Waals surface area (Å²) in [5.74, 6) is 3.10. The van der Waals surface area contributed by atoms with Gasteiger partial charge in [0, 0.05) is 17.5 Å². The average Bonchev–Trinajstić information content (AvgIpc) is 3.03. The molecule has 1 heterocycles. The maximum atomic E-state index is 9.67. The van der Waals surface area contributed by atoms with Crippen molar-refractivity contribution in [1.29, 1.82) is 0 Å². The summed E-state index contributed by atoms with van der Waals surface area (Å²) >= 11 is 1.80. The molecule has 3 heteroatoms. The molecule has 2 rings (SSSR count). The predicted molar refractivity (Wildman–Crippen MR) is 95.1 cm³/mol. The fourth-order valence-corrected chi connectivity index (χ4v) is 3.32. The molecule has 0 amide bonds. The van der Waals surface area contributed by atoms with E-state index in [9.17, 15) is 5.11 Å². The van der Waals surface area contributed by atoms with E-state index in [1.54, 1.807) is 23.5 Å². The van der Waals surface area contributed by atoms with Crippen molar-refractivity contribution in [1.82, 2.24) is 4.90 Å². The smallest absolute Gasteiger partial charge is 0.115 e. The van der Waals surface area contributed by atoms with E-state index in [0.29, 0.717) is 18.3 Å². The van der Waals surface area contributed by atoms with E-state index >= 15 is 0 Å². The van der Waals surface area contributed by atoms with Crippen LogP contribution in [0.5, 0.6) is 0 Å². The zero-order chi connectivity index (χ0) is 15.6. The number of nitrogens with zero attached hydrogens (tertiary/aromatic N) is 1. The van der Waals surface area contributed by atoms with Gasteiger partial charge in [0.05, 0.1) is 6.54 Å². The normalized spacial score (nSPS) is 24.2. The summed E-state index contributed by atoms with van der Waals surface area (Å²) in [7, 11) is 0. The summed E-state index contributed by atoms with van der Waals surface area (Å²) in [6, 6.07) is 4.69. The first-order valence-corrected chi connectivity index (χ1v) is 8.60. The molecule has 0 bridgehead atoms. The van der Waals surface area contributed by atoms with Gasteiger partial charge in [-0.15, -0.1) is 17.8 Å². The van der Waals surface area contributed by atoms with Gasteiger partial charge in [-0.2, -0.15) is 0 Å². The average molecular weight is 313 g/mol. The van der Waals surface area contributed by atoms with Crippen molar-refractivity contribution in [3.8, 4) is 12.3 Å². The molecule has 0 aromatic carbocycles. The minimum atomic E-state index is 0.305. The van der Waals surface area contributed by atoms with Crippen molar-refractivity contribution in [3.05, 3.63) is 58.5 Å². The molecule has 0 spiro atoms.